The number of urea groups is 1. The lowest BCUT2D eigenvalue weighted by molar-refractivity contribution is -0.119. The average molecular weight is 573 g/mol. The van der Waals surface area contributed by atoms with E-state index >= 15 is 0 Å². The Morgan fingerprint density at radius 1 is 1.00 bits per heavy atom. The van der Waals surface area contributed by atoms with Crippen molar-refractivity contribution in [3.8, 4) is 11.5 Å². The summed E-state index contributed by atoms with van der Waals surface area (Å²) in [6.07, 6.45) is 7.47. The number of anilines is 1. The fourth-order valence-corrected chi connectivity index (χ4v) is 8.24. The number of hydrogen-bond acceptors (Lipinski definition) is 5. The van der Waals surface area contributed by atoms with E-state index in [9.17, 15) is 14.4 Å². The number of hydrogen-bond donors (Lipinski definition) is 3. The van der Waals surface area contributed by atoms with Gasteiger partial charge in [-0.05, 0) is 87.4 Å². The van der Waals surface area contributed by atoms with Crippen molar-refractivity contribution in [3.63, 3.8) is 0 Å². The first kappa shape index (κ1) is 27.4. The number of para-hydroxylation sites is 1. The van der Waals surface area contributed by atoms with E-state index in [1.807, 2.05) is 60.4 Å². The molecule has 6 rings (SSSR count). The summed E-state index contributed by atoms with van der Waals surface area (Å²) in [5, 5.41) is 9.58. The molecule has 3 fully saturated rings. The highest BCUT2D eigenvalue weighted by Gasteiger charge is 2.51. The zero-order valence-electron chi connectivity index (χ0n) is 23.2. The molecule has 3 unspecified atom stereocenters. The van der Waals surface area contributed by atoms with Gasteiger partial charge in [-0.25, -0.2) is 4.79 Å². The Balaban J connectivity index is 1.17. The fourth-order valence-electron chi connectivity index (χ4n) is 6.71. The quantitative estimate of drug-likeness (QED) is 0.378. The number of thioether (sulfide) groups is 1. The van der Waals surface area contributed by atoms with Crippen molar-refractivity contribution in [1.29, 1.82) is 0 Å². The van der Waals surface area contributed by atoms with E-state index in [-0.39, 0.29) is 47.1 Å². The topological polar surface area (TPSA) is 99.8 Å². The lowest BCUT2D eigenvalue weighted by Crippen LogP contribution is -2.59. The molecule has 41 heavy (non-hydrogen) atoms. The molecule has 2 heterocycles. The fraction of sp³-hybridized carbons (Fsp3) is 0.406. The summed E-state index contributed by atoms with van der Waals surface area (Å²) in [5.41, 5.74) is 2.62. The molecular weight excluding hydrogens is 536 g/mol. The van der Waals surface area contributed by atoms with Gasteiger partial charge >= 0.3 is 6.03 Å². The molecule has 4 aliphatic rings. The van der Waals surface area contributed by atoms with Crippen LogP contribution < -0.4 is 25.6 Å². The molecule has 2 aliphatic carbocycles. The largest absolute Gasteiger partial charge is 0.457 e. The van der Waals surface area contributed by atoms with E-state index in [0.717, 1.165) is 73.4 Å². The number of benzene rings is 2. The number of amides is 4. The molecule has 3 N–H and O–H groups in total. The molecule has 2 aromatic rings. The van der Waals surface area contributed by atoms with Gasteiger partial charge in [0.2, 0.25) is 5.91 Å². The SMILES string of the molecule is C=CC(=O)NC1CCC(NC(=O)C2=C3NC(=O)N(c4ccc(Oc5ccccc5)cc4C)C4CCCC(S2)C34)CC1. The van der Waals surface area contributed by atoms with Crippen LogP contribution in [0, 0.1) is 12.8 Å². The van der Waals surface area contributed by atoms with Crippen LogP contribution >= 0.6 is 11.8 Å². The van der Waals surface area contributed by atoms with Gasteiger partial charge in [0.05, 0.1) is 4.91 Å². The molecule has 0 spiro atoms. The summed E-state index contributed by atoms with van der Waals surface area (Å²) in [5.74, 6) is 1.34. The summed E-state index contributed by atoms with van der Waals surface area (Å²) in [7, 11) is 0. The molecule has 0 radical (unpaired) electrons. The van der Waals surface area contributed by atoms with Gasteiger partial charge in [0.1, 0.15) is 11.5 Å². The molecule has 4 amide bonds. The summed E-state index contributed by atoms with van der Waals surface area (Å²) in [6, 6.07) is 15.5. The first-order valence-electron chi connectivity index (χ1n) is 14.5. The van der Waals surface area contributed by atoms with E-state index in [2.05, 4.69) is 22.5 Å². The second kappa shape index (κ2) is 11.6. The predicted molar refractivity (Wildman–Crippen MR) is 161 cm³/mol. The molecular formula is C32H36N4O4S. The van der Waals surface area contributed by atoms with Gasteiger partial charge in [-0.1, -0.05) is 31.2 Å². The van der Waals surface area contributed by atoms with Crippen LogP contribution in [0.25, 0.3) is 0 Å². The van der Waals surface area contributed by atoms with Crippen LogP contribution in [0.1, 0.15) is 50.5 Å². The Bertz CT molecular complexity index is 1390. The Kier molecular flexibility index (Phi) is 7.79. The van der Waals surface area contributed by atoms with Crippen molar-refractivity contribution in [3.05, 3.63) is 77.4 Å². The number of rotatable bonds is 7. The summed E-state index contributed by atoms with van der Waals surface area (Å²) >= 11 is 1.62. The van der Waals surface area contributed by atoms with Gasteiger partial charge in [-0.15, -0.1) is 11.8 Å². The average Bonchev–Trinajstić information content (AvgIpc) is 3.35. The molecule has 2 aromatic carbocycles. The summed E-state index contributed by atoms with van der Waals surface area (Å²) in [6.45, 7) is 5.52. The van der Waals surface area contributed by atoms with E-state index in [1.165, 1.54) is 6.08 Å². The Morgan fingerprint density at radius 2 is 1.73 bits per heavy atom. The van der Waals surface area contributed by atoms with E-state index in [0.29, 0.717) is 4.91 Å². The third-order valence-electron chi connectivity index (χ3n) is 8.65. The first-order chi connectivity index (χ1) is 19.9. The lowest BCUT2D eigenvalue weighted by atomic mass is 9.79. The van der Waals surface area contributed by atoms with Crippen LogP contribution in [-0.4, -0.2) is 41.2 Å². The van der Waals surface area contributed by atoms with E-state index in [4.69, 9.17) is 4.74 Å². The molecule has 0 bridgehead atoms. The van der Waals surface area contributed by atoms with E-state index in [1.54, 1.807) is 11.8 Å². The smallest absolute Gasteiger partial charge is 0.326 e. The molecule has 214 valence electrons. The number of nitrogens with one attached hydrogen (secondary N) is 3. The first-order valence-corrected chi connectivity index (χ1v) is 15.4. The lowest BCUT2D eigenvalue weighted by Gasteiger charge is -2.46. The van der Waals surface area contributed by atoms with Crippen molar-refractivity contribution >= 4 is 35.3 Å². The minimum Gasteiger partial charge on any atom is -0.457 e. The zero-order chi connectivity index (χ0) is 28.5. The third-order valence-corrected chi connectivity index (χ3v) is 10.1. The van der Waals surface area contributed by atoms with Gasteiger partial charge in [0, 0.05) is 40.7 Å². The van der Waals surface area contributed by atoms with Gasteiger partial charge in [-0.3, -0.25) is 14.5 Å². The van der Waals surface area contributed by atoms with Crippen molar-refractivity contribution in [1.82, 2.24) is 16.0 Å². The zero-order valence-corrected chi connectivity index (χ0v) is 24.0. The molecule has 2 aliphatic heterocycles. The van der Waals surface area contributed by atoms with Crippen molar-refractivity contribution < 1.29 is 19.1 Å². The second-order valence-corrected chi connectivity index (χ2v) is 12.6. The molecule has 2 saturated carbocycles. The molecule has 9 heteroatoms. The Hall–Kier alpha value is -3.72. The van der Waals surface area contributed by atoms with Crippen LogP contribution in [-0.2, 0) is 9.59 Å². The van der Waals surface area contributed by atoms with Crippen molar-refractivity contribution in [2.75, 3.05) is 4.90 Å². The monoisotopic (exact) mass is 572 g/mol. The highest BCUT2D eigenvalue weighted by atomic mass is 32.2. The van der Waals surface area contributed by atoms with Crippen LogP contribution in [0.3, 0.4) is 0 Å². The maximum atomic E-state index is 13.6. The van der Waals surface area contributed by atoms with Crippen LogP contribution in [0.4, 0.5) is 10.5 Å². The summed E-state index contributed by atoms with van der Waals surface area (Å²) in [4.78, 5) is 41.3. The van der Waals surface area contributed by atoms with E-state index < -0.39 is 0 Å². The summed E-state index contributed by atoms with van der Waals surface area (Å²) < 4.78 is 6.01. The minimum absolute atomic E-state index is 0.00111. The highest BCUT2D eigenvalue weighted by molar-refractivity contribution is 8.04. The second-order valence-electron chi connectivity index (χ2n) is 11.3. The van der Waals surface area contributed by atoms with Crippen molar-refractivity contribution in [2.24, 2.45) is 5.92 Å². The van der Waals surface area contributed by atoms with Crippen LogP contribution in [0.5, 0.6) is 11.5 Å². The number of ether oxygens (including phenoxy) is 1. The van der Waals surface area contributed by atoms with Crippen molar-refractivity contribution in [2.45, 2.75) is 75.2 Å². The number of aryl methyl sites for hydroxylation is 1. The van der Waals surface area contributed by atoms with Gasteiger partial charge in [0.15, 0.2) is 0 Å². The molecule has 3 atom stereocenters. The number of carbonyl (C=O) groups excluding carboxylic acids is 3. The van der Waals surface area contributed by atoms with Crippen LogP contribution in [0.15, 0.2) is 71.8 Å². The normalized spacial score (nSPS) is 27.0. The van der Waals surface area contributed by atoms with Gasteiger partial charge in [-0.2, -0.15) is 0 Å². The van der Waals surface area contributed by atoms with Gasteiger partial charge < -0.3 is 20.7 Å². The van der Waals surface area contributed by atoms with Crippen LogP contribution in [0.2, 0.25) is 0 Å². The highest BCUT2D eigenvalue weighted by Crippen LogP contribution is 2.52. The Morgan fingerprint density at radius 3 is 2.44 bits per heavy atom. The Labute approximate surface area is 245 Å². The third kappa shape index (κ3) is 5.60. The number of nitrogens with zero attached hydrogens (tertiary/aromatic N) is 1. The minimum atomic E-state index is -0.187. The number of carbonyl (C=O) groups is 3. The molecule has 1 saturated heterocycles. The predicted octanol–water partition coefficient (Wildman–Crippen LogP) is 5.54. The maximum Gasteiger partial charge on any atom is 0.326 e. The molecule has 8 nitrogen and oxygen atoms in total. The maximum absolute atomic E-state index is 13.6. The molecule has 0 aromatic heterocycles. The standard InChI is InChI=1S/C32H36N4O4S/c1-3-27(37)33-20-12-14-21(15-13-20)34-31(38)30-29-28-25(10-7-11-26(28)41-30)36(32(39)35-29)24-17-16-23(18-19(24)2)40-22-8-5-4-6-9-22/h3-6,8-9,16-18,20-21,25-26,28H,1,7,10-15H2,2H3,(H,33,37)(H,34,38)(H,35,39). The van der Waals surface area contributed by atoms with Gasteiger partial charge in [0.25, 0.3) is 5.91 Å².